The van der Waals surface area contributed by atoms with E-state index in [4.69, 9.17) is 0 Å². The number of rotatable bonds is 7. The summed E-state index contributed by atoms with van der Waals surface area (Å²) in [6.07, 6.45) is 0. The minimum absolute atomic E-state index is 0. The van der Waals surface area contributed by atoms with Gasteiger partial charge in [0.1, 0.15) is 6.54 Å². The Labute approximate surface area is 156 Å². The van der Waals surface area contributed by atoms with E-state index in [1.807, 2.05) is 37.3 Å². The van der Waals surface area contributed by atoms with Crippen molar-refractivity contribution in [1.29, 1.82) is 0 Å². The van der Waals surface area contributed by atoms with Crippen LogP contribution < -0.4 is 16.0 Å². The van der Waals surface area contributed by atoms with E-state index in [9.17, 15) is 4.79 Å². The van der Waals surface area contributed by atoms with E-state index in [1.165, 1.54) is 0 Å². The second kappa shape index (κ2) is 12.2. The fraction of sp³-hybridized carbons (Fsp3) is 0.529. The van der Waals surface area contributed by atoms with Gasteiger partial charge in [0.2, 0.25) is 5.91 Å². The molecule has 0 bridgehead atoms. The molecule has 1 unspecified atom stereocenters. The normalized spacial score (nSPS) is 12.3. The first kappa shape index (κ1) is 21.7. The Kier molecular flexibility index (Phi) is 11.5. The number of aliphatic imine (C=N–C) groups is 1. The number of benzene rings is 1. The van der Waals surface area contributed by atoms with E-state index < -0.39 is 0 Å². The standard InChI is InChI=1S/C17H28N4O.HI/c1-5-18-17(21-14(4)13(2)3)20-12-16(22)19-11-15-9-7-6-8-10-15;/h6-10,13-14H,5,11-12H2,1-4H3,(H,19,22)(H2,18,20,21);1H. The first-order valence-corrected chi connectivity index (χ1v) is 7.88. The van der Waals surface area contributed by atoms with Gasteiger partial charge in [0.05, 0.1) is 0 Å². The van der Waals surface area contributed by atoms with Crippen LogP contribution in [0.5, 0.6) is 0 Å². The van der Waals surface area contributed by atoms with Crippen LogP contribution in [0.15, 0.2) is 35.3 Å². The number of carbonyl (C=O) groups is 1. The van der Waals surface area contributed by atoms with Crippen LogP contribution in [-0.4, -0.2) is 31.0 Å². The van der Waals surface area contributed by atoms with Gasteiger partial charge in [0.25, 0.3) is 0 Å². The number of nitrogens with zero attached hydrogens (tertiary/aromatic N) is 1. The molecule has 0 radical (unpaired) electrons. The molecule has 0 fully saturated rings. The Morgan fingerprint density at radius 2 is 1.78 bits per heavy atom. The third-order valence-electron chi connectivity index (χ3n) is 3.42. The van der Waals surface area contributed by atoms with Crippen LogP contribution in [0, 0.1) is 5.92 Å². The molecule has 0 aliphatic carbocycles. The molecule has 23 heavy (non-hydrogen) atoms. The lowest BCUT2D eigenvalue weighted by atomic mass is 10.1. The van der Waals surface area contributed by atoms with Gasteiger partial charge in [-0.25, -0.2) is 4.99 Å². The number of guanidine groups is 1. The third-order valence-corrected chi connectivity index (χ3v) is 3.42. The fourth-order valence-electron chi connectivity index (χ4n) is 1.71. The van der Waals surface area contributed by atoms with Gasteiger partial charge in [-0.1, -0.05) is 44.2 Å². The predicted molar refractivity (Wildman–Crippen MR) is 107 cm³/mol. The number of halogens is 1. The maximum Gasteiger partial charge on any atom is 0.242 e. The topological polar surface area (TPSA) is 65.5 Å². The van der Waals surface area contributed by atoms with Gasteiger partial charge < -0.3 is 16.0 Å². The van der Waals surface area contributed by atoms with Crippen molar-refractivity contribution in [3.63, 3.8) is 0 Å². The quantitative estimate of drug-likeness (QED) is 0.353. The van der Waals surface area contributed by atoms with Gasteiger partial charge >= 0.3 is 0 Å². The van der Waals surface area contributed by atoms with Gasteiger partial charge in [0.15, 0.2) is 5.96 Å². The van der Waals surface area contributed by atoms with Crippen LogP contribution in [0.2, 0.25) is 0 Å². The van der Waals surface area contributed by atoms with Crippen LogP contribution in [0.4, 0.5) is 0 Å². The number of hydrogen-bond donors (Lipinski definition) is 3. The van der Waals surface area contributed by atoms with Gasteiger partial charge in [-0.2, -0.15) is 0 Å². The van der Waals surface area contributed by atoms with E-state index in [-0.39, 0.29) is 36.4 Å². The molecule has 0 aromatic heterocycles. The second-order valence-corrected chi connectivity index (χ2v) is 5.63. The molecular formula is C17H29IN4O. The Balaban J connectivity index is 0.00000484. The molecule has 0 heterocycles. The minimum atomic E-state index is -0.0849. The van der Waals surface area contributed by atoms with Gasteiger partial charge in [-0.05, 0) is 25.3 Å². The van der Waals surface area contributed by atoms with Crippen molar-refractivity contribution in [3.05, 3.63) is 35.9 Å². The summed E-state index contributed by atoms with van der Waals surface area (Å²) in [5.41, 5.74) is 1.08. The molecular weight excluding hydrogens is 403 g/mol. The van der Waals surface area contributed by atoms with E-state index in [0.717, 1.165) is 12.1 Å². The van der Waals surface area contributed by atoms with Gasteiger partial charge in [0, 0.05) is 19.1 Å². The molecule has 0 saturated heterocycles. The van der Waals surface area contributed by atoms with Crippen molar-refractivity contribution in [3.8, 4) is 0 Å². The highest BCUT2D eigenvalue weighted by Crippen LogP contribution is 1.99. The predicted octanol–water partition coefficient (Wildman–Crippen LogP) is 2.52. The smallest absolute Gasteiger partial charge is 0.242 e. The lowest BCUT2D eigenvalue weighted by molar-refractivity contribution is -0.119. The number of amides is 1. The number of carbonyl (C=O) groups excluding carboxylic acids is 1. The summed E-state index contributed by atoms with van der Waals surface area (Å²) in [6.45, 7) is 9.82. The highest BCUT2D eigenvalue weighted by Gasteiger charge is 2.09. The van der Waals surface area contributed by atoms with Gasteiger partial charge in [-0.3, -0.25) is 4.79 Å². The van der Waals surface area contributed by atoms with Crippen LogP contribution in [0.25, 0.3) is 0 Å². The molecule has 1 amide bonds. The third kappa shape index (κ3) is 9.43. The zero-order valence-corrected chi connectivity index (χ0v) is 16.8. The molecule has 1 aromatic carbocycles. The molecule has 1 rings (SSSR count). The summed E-state index contributed by atoms with van der Waals surface area (Å²) >= 11 is 0. The summed E-state index contributed by atoms with van der Waals surface area (Å²) in [7, 11) is 0. The summed E-state index contributed by atoms with van der Waals surface area (Å²) in [5.74, 6) is 1.09. The molecule has 0 aliphatic rings. The molecule has 5 nitrogen and oxygen atoms in total. The molecule has 1 aromatic rings. The molecule has 6 heteroatoms. The second-order valence-electron chi connectivity index (χ2n) is 5.63. The largest absolute Gasteiger partial charge is 0.357 e. The summed E-state index contributed by atoms with van der Waals surface area (Å²) in [5, 5.41) is 9.33. The van der Waals surface area contributed by atoms with Crippen LogP contribution >= 0.6 is 24.0 Å². The average molecular weight is 432 g/mol. The molecule has 3 N–H and O–H groups in total. The van der Waals surface area contributed by atoms with Crippen molar-refractivity contribution in [2.24, 2.45) is 10.9 Å². The maximum atomic E-state index is 11.9. The minimum Gasteiger partial charge on any atom is -0.357 e. The van der Waals surface area contributed by atoms with E-state index in [1.54, 1.807) is 0 Å². The Morgan fingerprint density at radius 3 is 2.35 bits per heavy atom. The molecule has 0 aliphatic heterocycles. The SMILES string of the molecule is CCNC(=NCC(=O)NCc1ccccc1)NC(C)C(C)C.I. The molecule has 0 spiro atoms. The van der Waals surface area contributed by atoms with Crippen molar-refractivity contribution in [2.45, 2.75) is 40.3 Å². The Bertz CT molecular complexity index is 477. The highest BCUT2D eigenvalue weighted by atomic mass is 127. The number of hydrogen-bond acceptors (Lipinski definition) is 2. The van der Waals surface area contributed by atoms with Crippen LogP contribution in [-0.2, 0) is 11.3 Å². The Morgan fingerprint density at radius 1 is 1.13 bits per heavy atom. The van der Waals surface area contributed by atoms with Crippen molar-refractivity contribution in [1.82, 2.24) is 16.0 Å². The fourth-order valence-corrected chi connectivity index (χ4v) is 1.71. The molecule has 1 atom stereocenters. The van der Waals surface area contributed by atoms with Crippen LogP contribution in [0.1, 0.15) is 33.3 Å². The van der Waals surface area contributed by atoms with E-state index in [0.29, 0.717) is 24.5 Å². The van der Waals surface area contributed by atoms with Crippen LogP contribution in [0.3, 0.4) is 0 Å². The average Bonchev–Trinajstić information content (AvgIpc) is 2.51. The summed E-state index contributed by atoms with van der Waals surface area (Å²) in [4.78, 5) is 16.2. The highest BCUT2D eigenvalue weighted by molar-refractivity contribution is 14.0. The number of nitrogens with one attached hydrogen (secondary N) is 3. The monoisotopic (exact) mass is 432 g/mol. The molecule has 130 valence electrons. The van der Waals surface area contributed by atoms with E-state index >= 15 is 0 Å². The maximum absolute atomic E-state index is 11.9. The first-order chi connectivity index (χ1) is 10.5. The van der Waals surface area contributed by atoms with Crippen molar-refractivity contribution < 1.29 is 4.79 Å². The molecule has 0 saturated carbocycles. The zero-order chi connectivity index (χ0) is 16.4. The van der Waals surface area contributed by atoms with Crippen molar-refractivity contribution >= 4 is 35.8 Å². The van der Waals surface area contributed by atoms with Crippen molar-refractivity contribution in [2.75, 3.05) is 13.1 Å². The first-order valence-electron chi connectivity index (χ1n) is 7.88. The summed E-state index contributed by atoms with van der Waals surface area (Å²) < 4.78 is 0. The zero-order valence-electron chi connectivity index (χ0n) is 14.4. The lowest BCUT2D eigenvalue weighted by Gasteiger charge is -2.20. The Hall–Kier alpha value is -1.31. The summed E-state index contributed by atoms with van der Waals surface area (Å²) in [6, 6.07) is 10.1. The van der Waals surface area contributed by atoms with Gasteiger partial charge in [-0.15, -0.1) is 24.0 Å². The van der Waals surface area contributed by atoms with E-state index in [2.05, 4.69) is 41.7 Å². The lowest BCUT2D eigenvalue weighted by Crippen LogP contribution is -2.44.